The highest BCUT2D eigenvalue weighted by Gasteiger charge is 2.52. The molecule has 1 aliphatic carbocycles. The quantitative estimate of drug-likeness (QED) is 0.210. The van der Waals surface area contributed by atoms with Gasteiger partial charge in [-0.1, -0.05) is 24.5 Å². The van der Waals surface area contributed by atoms with Crippen LogP contribution in [0.2, 0.25) is 0 Å². The number of ether oxygens (including phenoxy) is 1. The molecule has 2 aliphatic heterocycles. The Bertz CT molecular complexity index is 1850. The molecule has 234 valence electrons. The molecule has 44 heavy (non-hydrogen) atoms. The molecule has 6 heterocycles. The van der Waals surface area contributed by atoms with Gasteiger partial charge in [0.2, 0.25) is 0 Å². The maximum absolute atomic E-state index is 16.1. The Balaban J connectivity index is 1.13. The largest absolute Gasteiger partial charge is 0.386 e. The summed E-state index contributed by atoms with van der Waals surface area (Å²) in [6.07, 6.45) is 2.19. The van der Waals surface area contributed by atoms with Gasteiger partial charge < -0.3 is 19.5 Å². The summed E-state index contributed by atoms with van der Waals surface area (Å²) in [7, 11) is 0. The van der Waals surface area contributed by atoms with Crippen molar-refractivity contribution in [1.29, 1.82) is 0 Å². The van der Waals surface area contributed by atoms with Crippen LogP contribution in [0.25, 0.3) is 16.8 Å². The second-order valence-electron chi connectivity index (χ2n) is 10.7. The van der Waals surface area contributed by atoms with Crippen molar-refractivity contribution in [3.05, 3.63) is 54.6 Å². The van der Waals surface area contributed by atoms with Gasteiger partial charge in [-0.3, -0.25) is 27.8 Å². The molecule has 3 fully saturated rings. The third-order valence-electron chi connectivity index (χ3n) is 8.18. The molecule has 0 radical (unpaired) electrons. The minimum atomic E-state index is -4.15. The number of rotatable bonds is 3. The van der Waals surface area contributed by atoms with Crippen LogP contribution >= 0.6 is 38.1 Å². The van der Waals surface area contributed by atoms with Crippen LogP contribution in [0.3, 0.4) is 0 Å². The van der Waals surface area contributed by atoms with E-state index in [0.29, 0.717) is 23.2 Å². The second-order valence-corrected chi connectivity index (χ2v) is 16.5. The van der Waals surface area contributed by atoms with Gasteiger partial charge in [0.1, 0.15) is 24.2 Å². The minimum Gasteiger partial charge on any atom is -0.364 e. The van der Waals surface area contributed by atoms with Gasteiger partial charge in [0, 0.05) is 18.6 Å². The first kappa shape index (κ1) is 30.3. The third kappa shape index (κ3) is 5.60. The average molecular weight is 686 g/mol. The SMILES string of the molecule is NC(=O)c1cc([C@@H]2C[C@@H]3CO[P@@](=O)(S)O[C@H]4[C@@H](F)[C@H](n5cnc6c5ncn5ccnc65)O[C@@H]4CO[P@@](=O)(S)OCC32)ccn1. The molecule has 3 aliphatic rings. The number of carbonyl (C=O) groups excluding carboxylic acids is 1. The van der Waals surface area contributed by atoms with Gasteiger partial charge in [0.15, 0.2) is 29.2 Å². The molecular formula is C24H26FN7O8P2S2. The van der Waals surface area contributed by atoms with E-state index in [1.54, 1.807) is 28.9 Å². The van der Waals surface area contributed by atoms with Crippen LogP contribution in [0.4, 0.5) is 4.39 Å². The Morgan fingerprint density at radius 2 is 1.80 bits per heavy atom. The van der Waals surface area contributed by atoms with Crippen molar-refractivity contribution < 1.29 is 41.1 Å². The molecule has 1 unspecified atom stereocenters. The molecule has 9 atom stereocenters. The van der Waals surface area contributed by atoms with E-state index in [9.17, 15) is 13.9 Å². The first-order chi connectivity index (χ1) is 21.0. The molecule has 0 bridgehead atoms. The van der Waals surface area contributed by atoms with Crippen LogP contribution in [0.15, 0.2) is 43.4 Å². The highest BCUT2D eigenvalue weighted by Crippen LogP contribution is 2.61. The lowest BCUT2D eigenvalue weighted by atomic mass is 9.63. The number of primary amides is 1. The molecule has 1 amide bonds. The van der Waals surface area contributed by atoms with Crippen molar-refractivity contribution >= 4 is 60.8 Å². The molecule has 7 rings (SSSR count). The number of amides is 1. The van der Waals surface area contributed by atoms with Gasteiger partial charge >= 0.3 is 13.6 Å². The highest BCUT2D eigenvalue weighted by atomic mass is 32.7. The summed E-state index contributed by atoms with van der Waals surface area (Å²) in [4.78, 5) is 28.6. The predicted molar refractivity (Wildman–Crippen MR) is 158 cm³/mol. The van der Waals surface area contributed by atoms with E-state index in [4.69, 9.17) is 28.6 Å². The number of imidazole rings is 2. The fourth-order valence-electron chi connectivity index (χ4n) is 5.92. The number of carbonyl (C=O) groups is 1. The fourth-order valence-corrected chi connectivity index (χ4v) is 8.62. The zero-order valence-corrected chi connectivity index (χ0v) is 26.2. The monoisotopic (exact) mass is 685 g/mol. The number of hydrogen-bond acceptors (Lipinski definition) is 12. The van der Waals surface area contributed by atoms with Gasteiger partial charge in [-0.15, -0.1) is 0 Å². The number of aromatic nitrogens is 6. The Labute approximate surface area is 259 Å². The average Bonchev–Trinajstić information content (AvgIpc) is 3.68. The second kappa shape index (κ2) is 11.4. The molecule has 2 saturated heterocycles. The number of thiol groups is 2. The summed E-state index contributed by atoms with van der Waals surface area (Å²) in [5.74, 6) is -1.36. The molecule has 4 aromatic rings. The molecular weight excluding hydrogens is 659 g/mol. The molecule has 2 N–H and O–H groups in total. The summed E-state index contributed by atoms with van der Waals surface area (Å²) in [6, 6.07) is 3.33. The number of halogens is 1. The number of hydrogen-bond donors (Lipinski definition) is 3. The molecule has 1 saturated carbocycles. The first-order valence-electron chi connectivity index (χ1n) is 13.5. The van der Waals surface area contributed by atoms with Gasteiger partial charge in [0.25, 0.3) is 5.91 Å². The Morgan fingerprint density at radius 1 is 1.00 bits per heavy atom. The Morgan fingerprint density at radius 3 is 2.61 bits per heavy atom. The van der Waals surface area contributed by atoms with Crippen molar-refractivity contribution in [2.24, 2.45) is 17.6 Å². The molecule has 15 nitrogen and oxygen atoms in total. The summed E-state index contributed by atoms with van der Waals surface area (Å²) in [6.45, 7) is -8.76. The molecule has 0 aromatic carbocycles. The van der Waals surface area contributed by atoms with Gasteiger partial charge in [-0.2, -0.15) is 0 Å². The lowest BCUT2D eigenvalue weighted by molar-refractivity contribution is -0.0407. The number of fused-ring (bicyclic) bond motifs is 5. The van der Waals surface area contributed by atoms with Crippen LogP contribution in [0.5, 0.6) is 0 Å². The minimum absolute atomic E-state index is 0.0658. The van der Waals surface area contributed by atoms with Crippen molar-refractivity contribution in [2.75, 3.05) is 19.8 Å². The number of alkyl halides is 1. The van der Waals surface area contributed by atoms with Gasteiger partial charge in [-0.25, -0.2) is 28.5 Å². The maximum atomic E-state index is 16.1. The first-order valence-corrected chi connectivity index (χ1v) is 18.9. The maximum Gasteiger partial charge on any atom is 0.386 e. The van der Waals surface area contributed by atoms with E-state index in [-0.39, 0.29) is 36.7 Å². The Kier molecular flexibility index (Phi) is 7.87. The summed E-state index contributed by atoms with van der Waals surface area (Å²) < 4.78 is 74.2. The lowest BCUT2D eigenvalue weighted by Gasteiger charge is -2.45. The molecule has 0 spiro atoms. The third-order valence-corrected chi connectivity index (χ3v) is 11.4. The van der Waals surface area contributed by atoms with Crippen LogP contribution in [0, 0.1) is 11.8 Å². The summed E-state index contributed by atoms with van der Waals surface area (Å²) in [5, 5.41) is 0. The van der Waals surface area contributed by atoms with Crippen molar-refractivity contribution in [3.63, 3.8) is 0 Å². The predicted octanol–water partition coefficient (Wildman–Crippen LogP) is 3.75. The van der Waals surface area contributed by atoms with Crippen molar-refractivity contribution in [2.45, 2.75) is 36.9 Å². The fraction of sp³-hybridized carbons (Fsp3) is 0.458. The van der Waals surface area contributed by atoms with Crippen LogP contribution in [-0.2, 0) is 32.0 Å². The smallest absolute Gasteiger partial charge is 0.364 e. The molecule has 20 heteroatoms. The molecule has 4 aromatic heterocycles. The standard InChI is InChI=1S/C24H26FN7O8P2S2/c25-18-20-17(39-24(18)32-11-29-19-22-28-3-4-31(22)10-30-23(19)32)9-38-41(34,43)37-8-15-13(7-36-42(35,44)40-20)5-14(15)12-1-2-27-16(6-12)21(26)33/h1-4,6,10-11,13-15,17-18,20,24H,5,7-9H2,(H2,26,33)(H,34,43)(H,35,44)/t13-,14+,15?,17-,18-,20-,24-,41+,42-/m1/s1. The zero-order valence-electron chi connectivity index (χ0n) is 22.6. The van der Waals surface area contributed by atoms with E-state index in [0.717, 1.165) is 5.56 Å². The van der Waals surface area contributed by atoms with E-state index >= 15 is 4.39 Å². The van der Waals surface area contributed by atoms with Crippen LogP contribution in [0.1, 0.15) is 34.6 Å². The van der Waals surface area contributed by atoms with Gasteiger partial charge in [0.05, 0.1) is 26.1 Å². The summed E-state index contributed by atoms with van der Waals surface area (Å²) in [5.41, 5.74) is 7.48. The van der Waals surface area contributed by atoms with E-state index in [1.165, 1.54) is 23.4 Å². The lowest BCUT2D eigenvalue weighted by Crippen LogP contribution is -2.40. The van der Waals surface area contributed by atoms with Crippen LogP contribution < -0.4 is 5.73 Å². The highest BCUT2D eigenvalue weighted by molar-refractivity contribution is 8.44. The van der Waals surface area contributed by atoms with Gasteiger partial charge in [-0.05, 0) is 41.9 Å². The topological polar surface area (TPSA) is 184 Å². The number of pyridine rings is 1. The number of nitrogens with zero attached hydrogens (tertiary/aromatic N) is 6. The number of nitrogens with two attached hydrogens (primary N) is 1. The van der Waals surface area contributed by atoms with Crippen molar-refractivity contribution in [3.8, 4) is 0 Å². The zero-order chi connectivity index (χ0) is 30.8. The van der Waals surface area contributed by atoms with E-state index in [2.05, 4.69) is 44.4 Å². The Hall–Kier alpha value is -2.40. The van der Waals surface area contributed by atoms with Crippen molar-refractivity contribution in [1.82, 2.24) is 28.9 Å². The van der Waals surface area contributed by atoms with E-state index in [1.807, 2.05) is 0 Å². The van der Waals surface area contributed by atoms with E-state index < -0.39 is 50.7 Å². The normalized spacial score (nSPS) is 36.5. The van der Waals surface area contributed by atoms with Crippen LogP contribution in [-0.4, -0.2) is 73.0 Å². The summed E-state index contributed by atoms with van der Waals surface area (Å²) >= 11 is 8.25.